The molecule has 28 heavy (non-hydrogen) atoms. The molecule has 0 radical (unpaired) electrons. The van der Waals surface area contributed by atoms with Gasteiger partial charge < -0.3 is 14.6 Å². The minimum Gasteiger partial charge on any atom is -0.423 e. The minimum atomic E-state index is 0.0908. The lowest BCUT2D eigenvalue weighted by Gasteiger charge is -2.22. The molecular weight excluding hydrogens is 354 g/mol. The lowest BCUT2D eigenvalue weighted by molar-refractivity contribution is 0.0789. The van der Waals surface area contributed by atoms with E-state index in [9.17, 15) is 4.79 Å². The number of fused-ring (bicyclic) bond motifs is 2. The predicted molar refractivity (Wildman–Crippen MR) is 106 cm³/mol. The maximum Gasteiger partial charge on any atom is 0.295 e. The van der Waals surface area contributed by atoms with Gasteiger partial charge in [0.05, 0.1) is 17.5 Å². The summed E-state index contributed by atoms with van der Waals surface area (Å²) < 4.78 is 7.88. The first kappa shape index (κ1) is 17.3. The second-order valence-corrected chi connectivity index (χ2v) is 8.15. The van der Waals surface area contributed by atoms with Gasteiger partial charge in [-0.15, -0.1) is 0 Å². The molecule has 0 aliphatic carbocycles. The third-order valence-electron chi connectivity index (χ3n) is 5.97. The lowest BCUT2D eigenvalue weighted by Crippen LogP contribution is -2.32. The minimum absolute atomic E-state index is 0.0908. The van der Waals surface area contributed by atoms with Crippen LogP contribution in [0.2, 0.25) is 0 Å². The third-order valence-corrected chi connectivity index (χ3v) is 5.97. The van der Waals surface area contributed by atoms with Crippen LogP contribution in [-0.4, -0.2) is 44.7 Å². The molecule has 5 rings (SSSR count). The Hall–Kier alpha value is -2.83. The van der Waals surface area contributed by atoms with Crippen LogP contribution in [-0.2, 0) is 13.0 Å². The number of hydrogen-bond acceptors (Lipinski definition) is 5. The van der Waals surface area contributed by atoms with Gasteiger partial charge in [0, 0.05) is 25.7 Å². The topological polar surface area (TPSA) is 76.2 Å². The highest BCUT2D eigenvalue weighted by atomic mass is 16.4. The predicted octanol–water partition coefficient (Wildman–Crippen LogP) is 3.24. The molecule has 1 unspecified atom stereocenters. The first-order chi connectivity index (χ1) is 13.6. The molecule has 4 heterocycles. The number of aryl methyl sites for hydroxylation is 2. The summed E-state index contributed by atoms with van der Waals surface area (Å²) in [6, 6.07) is 6.61. The van der Waals surface area contributed by atoms with Crippen molar-refractivity contribution in [3.8, 4) is 0 Å². The highest BCUT2D eigenvalue weighted by Gasteiger charge is 2.31. The molecule has 0 spiro atoms. The Morgan fingerprint density at radius 3 is 3.04 bits per heavy atom. The molecule has 0 saturated carbocycles. The fourth-order valence-corrected chi connectivity index (χ4v) is 4.33. The van der Waals surface area contributed by atoms with Crippen LogP contribution in [0.15, 0.2) is 28.8 Å². The molecule has 1 amide bonds. The van der Waals surface area contributed by atoms with Crippen LogP contribution < -0.4 is 5.32 Å². The Bertz CT molecular complexity index is 1040. The van der Waals surface area contributed by atoms with Crippen LogP contribution in [0.25, 0.3) is 11.1 Å². The van der Waals surface area contributed by atoms with Crippen molar-refractivity contribution >= 4 is 23.0 Å². The summed E-state index contributed by atoms with van der Waals surface area (Å²) in [6.45, 7) is 6.54. The van der Waals surface area contributed by atoms with Gasteiger partial charge in [-0.25, -0.2) is 0 Å². The number of nitrogens with zero attached hydrogens (tertiary/aromatic N) is 4. The smallest absolute Gasteiger partial charge is 0.295 e. The van der Waals surface area contributed by atoms with Crippen LogP contribution in [0.5, 0.6) is 0 Å². The van der Waals surface area contributed by atoms with Crippen molar-refractivity contribution < 1.29 is 9.21 Å². The number of anilines is 1. The number of rotatable bonds is 3. The van der Waals surface area contributed by atoms with Gasteiger partial charge in [-0.2, -0.15) is 10.1 Å². The zero-order chi connectivity index (χ0) is 19.3. The number of para-hydroxylation sites is 1. The molecule has 2 atom stereocenters. The molecule has 1 fully saturated rings. The van der Waals surface area contributed by atoms with E-state index in [1.165, 1.54) is 0 Å². The normalized spacial score (nSPS) is 21.9. The molecule has 3 aromatic rings. The summed E-state index contributed by atoms with van der Waals surface area (Å²) >= 11 is 0. The molecule has 2 aliphatic heterocycles. The maximum absolute atomic E-state index is 13.1. The van der Waals surface area contributed by atoms with Crippen molar-refractivity contribution in [3.05, 3.63) is 41.2 Å². The summed E-state index contributed by atoms with van der Waals surface area (Å²) in [5.41, 5.74) is 4.60. The first-order valence-electron chi connectivity index (χ1n) is 10.0. The van der Waals surface area contributed by atoms with Crippen LogP contribution in [0.1, 0.15) is 41.4 Å². The van der Waals surface area contributed by atoms with Crippen molar-refractivity contribution in [2.24, 2.45) is 5.92 Å². The second kappa shape index (κ2) is 6.65. The molecule has 146 valence electrons. The van der Waals surface area contributed by atoms with E-state index in [1.807, 2.05) is 34.7 Å². The van der Waals surface area contributed by atoms with Gasteiger partial charge in [0.2, 0.25) is 0 Å². The Labute approximate surface area is 163 Å². The van der Waals surface area contributed by atoms with Gasteiger partial charge in [0.25, 0.3) is 11.9 Å². The van der Waals surface area contributed by atoms with E-state index >= 15 is 0 Å². The number of amides is 1. The molecule has 7 nitrogen and oxygen atoms in total. The Kier molecular flexibility index (Phi) is 4.10. The number of likely N-dealkylation sites (tertiary alicyclic amines) is 1. The molecule has 0 bridgehead atoms. The third kappa shape index (κ3) is 2.95. The van der Waals surface area contributed by atoms with E-state index in [2.05, 4.69) is 22.3 Å². The quantitative estimate of drug-likeness (QED) is 0.756. The van der Waals surface area contributed by atoms with Gasteiger partial charge in [0.1, 0.15) is 5.52 Å². The lowest BCUT2D eigenvalue weighted by atomic mass is 9.96. The Morgan fingerprint density at radius 1 is 1.29 bits per heavy atom. The monoisotopic (exact) mass is 379 g/mol. The standard InChI is InChI=1S/C21H25N5O2/c1-13-6-9-26-18(10-13)16(11-22-26)20(27)25-8-7-15(12-25)23-21-24-17-5-3-4-14(2)19(17)28-21/h3-5,11,13,15H,6-10,12H2,1-2H3,(H,23,24)/t13?,15-/m1/s1. The summed E-state index contributed by atoms with van der Waals surface area (Å²) in [7, 11) is 0. The SMILES string of the molecule is Cc1cccc2nc(N[C@@H]3CCN(C(=O)c4cnn5c4CC(C)CC5)C3)oc12. The van der Waals surface area contributed by atoms with Crippen molar-refractivity contribution in [1.29, 1.82) is 0 Å². The second-order valence-electron chi connectivity index (χ2n) is 8.15. The van der Waals surface area contributed by atoms with E-state index in [-0.39, 0.29) is 11.9 Å². The average Bonchev–Trinajstić information content (AvgIpc) is 3.39. The fourth-order valence-electron chi connectivity index (χ4n) is 4.33. The highest BCUT2D eigenvalue weighted by Crippen LogP contribution is 2.26. The number of hydrogen-bond donors (Lipinski definition) is 1. The van der Waals surface area contributed by atoms with Crippen molar-refractivity contribution in [2.75, 3.05) is 18.4 Å². The van der Waals surface area contributed by atoms with E-state index in [1.54, 1.807) is 6.20 Å². The molecule has 1 saturated heterocycles. The van der Waals surface area contributed by atoms with Gasteiger partial charge in [-0.1, -0.05) is 19.1 Å². The van der Waals surface area contributed by atoms with Crippen molar-refractivity contribution in [2.45, 2.75) is 45.7 Å². The summed E-state index contributed by atoms with van der Waals surface area (Å²) in [5, 5.41) is 7.80. The van der Waals surface area contributed by atoms with Crippen LogP contribution in [0.4, 0.5) is 6.01 Å². The molecule has 1 aromatic carbocycles. The van der Waals surface area contributed by atoms with Crippen LogP contribution >= 0.6 is 0 Å². The van der Waals surface area contributed by atoms with E-state index in [0.29, 0.717) is 18.5 Å². The highest BCUT2D eigenvalue weighted by molar-refractivity contribution is 5.95. The van der Waals surface area contributed by atoms with Gasteiger partial charge in [-0.3, -0.25) is 9.48 Å². The van der Waals surface area contributed by atoms with Crippen LogP contribution in [0.3, 0.4) is 0 Å². The van der Waals surface area contributed by atoms with Crippen molar-refractivity contribution in [1.82, 2.24) is 19.7 Å². The molecule has 1 N–H and O–H groups in total. The summed E-state index contributed by atoms with van der Waals surface area (Å²) in [6.07, 6.45) is 4.68. The fraction of sp³-hybridized carbons (Fsp3) is 0.476. The number of carbonyl (C=O) groups excluding carboxylic acids is 1. The van der Waals surface area contributed by atoms with Gasteiger partial charge in [-0.05, 0) is 43.7 Å². The van der Waals surface area contributed by atoms with Crippen LogP contribution in [0, 0.1) is 12.8 Å². The number of benzene rings is 1. The summed E-state index contributed by atoms with van der Waals surface area (Å²) in [5.74, 6) is 0.694. The van der Waals surface area contributed by atoms with E-state index < -0.39 is 0 Å². The number of oxazole rings is 1. The zero-order valence-corrected chi connectivity index (χ0v) is 16.3. The Morgan fingerprint density at radius 2 is 2.18 bits per heavy atom. The molecular formula is C21H25N5O2. The van der Waals surface area contributed by atoms with Gasteiger partial charge >= 0.3 is 0 Å². The number of carbonyl (C=O) groups is 1. The maximum atomic E-state index is 13.1. The molecule has 2 aliphatic rings. The zero-order valence-electron chi connectivity index (χ0n) is 16.3. The van der Waals surface area contributed by atoms with E-state index in [4.69, 9.17) is 4.42 Å². The van der Waals surface area contributed by atoms with Gasteiger partial charge in [0.15, 0.2) is 5.58 Å². The Balaban J connectivity index is 1.28. The van der Waals surface area contributed by atoms with Crippen molar-refractivity contribution in [3.63, 3.8) is 0 Å². The first-order valence-corrected chi connectivity index (χ1v) is 10.0. The largest absolute Gasteiger partial charge is 0.423 e. The molecule has 2 aromatic heterocycles. The van der Waals surface area contributed by atoms with E-state index in [0.717, 1.165) is 60.3 Å². The summed E-state index contributed by atoms with van der Waals surface area (Å²) in [4.78, 5) is 19.5. The number of aromatic nitrogens is 3. The average molecular weight is 379 g/mol. The number of nitrogens with one attached hydrogen (secondary N) is 1. The molecule has 7 heteroatoms.